The molecule has 0 unspecified atom stereocenters. The number of nitrogens with zero attached hydrogens (tertiary/aromatic N) is 1. The van der Waals surface area contributed by atoms with Gasteiger partial charge in [-0.05, 0) is 30.2 Å². The largest absolute Gasteiger partial charge is 0.357 e. The Bertz CT molecular complexity index is 710. The van der Waals surface area contributed by atoms with E-state index in [2.05, 4.69) is 20.9 Å². The number of halogens is 2. The molecule has 7 heteroatoms. The lowest BCUT2D eigenvalue weighted by Crippen LogP contribution is -2.43. The van der Waals surface area contributed by atoms with Crippen LogP contribution in [0.1, 0.15) is 18.1 Å². The number of benzene rings is 2. The van der Waals surface area contributed by atoms with Gasteiger partial charge in [0.2, 0.25) is 5.91 Å². The standard InChI is InChI=1S/C19H23FN4O.HI/c1-2-21-19(23-13-16-9-6-10-17(20)11-16)24-14-18(25)22-12-15-7-4-3-5-8-15;/h3-11H,2,12-14H2,1H3,(H,22,25)(H2,21,23,24);1H. The van der Waals surface area contributed by atoms with E-state index in [1.165, 1.54) is 12.1 Å². The summed E-state index contributed by atoms with van der Waals surface area (Å²) in [5, 5.41) is 8.88. The summed E-state index contributed by atoms with van der Waals surface area (Å²) < 4.78 is 13.2. The van der Waals surface area contributed by atoms with E-state index in [4.69, 9.17) is 0 Å². The Hall–Kier alpha value is -2.16. The third kappa shape index (κ3) is 8.28. The Balaban J connectivity index is 0.00000338. The summed E-state index contributed by atoms with van der Waals surface area (Å²) in [6.45, 7) is 3.54. The van der Waals surface area contributed by atoms with Crippen molar-refractivity contribution >= 4 is 35.8 Å². The molecule has 26 heavy (non-hydrogen) atoms. The molecule has 0 atom stereocenters. The molecule has 0 heterocycles. The van der Waals surface area contributed by atoms with Gasteiger partial charge in [0.25, 0.3) is 0 Å². The maximum atomic E-state index is 13.2. The van der Waals surface area contributed by atoms with E-state index in [1.54, 1.807) is 6.07 Å². The van der Waals surface area contributed by atoms with E-state index in [0.717, 1.165) is 11.1 Å². The molecule has 0 saturated heterocycles. The third-order valence-electron chi connectivity index (χ3n) is 3.40. The third-order valence-corrected chi connectivity index (χ3v) is 3.40. The van der Waals surface area contributed by atoms with Crippen molar-refractivity contribution < 1.29 is 9.18 Å². The second-order valence-electron chi connectivity index (χ2n) is 5.44. The molecule has 2 aromatic rings. The summed E-state index contributed by atoms with van der Waals surface area (Å²) in [5.41, 5.74) is 1.81. The topological polar surface area (TPSA) is 65.5 Å². The van der Waals surface area contributed by atoms with Gasteiger partial charge in [-0.1, -0.05) is 42.5 Å². The highest BCUT2D eigenvalue weighted by molar-refractivity contribution is 14.0. The second kappa shape index (κ2) is 12.2. The smallest absolute Gasteiger partial charge is 0.239 e. The SMILES string of the molecule is CCNC(=NCc1cccc(F)c1)NCC(=O)NCc1ccccc1.I. The molecular formula is C19H24FIN4O. The number of nitrogens with one attached hydrogen (secondary N) is 3. The van der Waals surface area contributed by atoms with Gasteiger partial charge < -0.3 is 16.0 Å². The summed E-state index contributed by atoms with van der Waals surface area (Å²) in [4.78, 5) is 16.3. The van der Waals surface area contributed by atoms with Crippen molar-refractivity contribution in [2.45, 2.75) is 20.0 Å². The van der Waals surface area contributed by atoms with Crippen molar-refractivity contribution in [1.82, 2.24) is 16.0 Å². The van der Waals surface area contributed by atoms with Gasteiger partial charge in [0.05, 0.1) is 13.1 Å². The number of aliphatic imine (C=N–C) groups is 1. The number of carbonyl (C=O) groups is 1. The number of rotatable bonds is 7. The van der Waals surface area contributed by atoms with Crippen LogP contribution in [0.4, 0.5) is 4.39 Å². The minimum absolute atomic E-state index is 0. The number of guanidine groups is 1. The lowest BCUT2D eigenvalue weighted by molar-refractivity contribution is -0.120. The van der Waals surface area contributed by atoms with Crippen molar-refractivity contribution in [3.63, 3.8) is 0 Å². The zero-order valence-electron chi connectivity index (χ0n) is 14.7. The van der Waals surface area contributed by atoms with Gasteiger partial charge in [0, 0.05) is 13.1 Å². The van der Waals surface area contributed by atoms with Crippen molar-refractivity contribution in [3.05, 3.63) is 71.5 Å². The Morgan fingerprint density at radius 2 is 1.73 bits per heavy atom. The summed E-state index contributed by atoms with van der Waals surface area (Å²) in [7, 11) is 0. The summed E-state index contributed by atoms with van der Waals surface area (Å²) in [6, 6.07) is 16.0. The van der Waals surface area contributed by atoms with Crippen LogP contribution in [0, 0.1) is 5.82 Å². The lowest BCUT2D eigenvalue weighted by atomic mass is 10.2. The average molecular weight is 470 g/mol. The van der Waals surface area contributed by atoms with E-state index in [1.807, 2.05) is 43.3 Å². The molecule has 2 rings (SSSR count). The fourth-order valence-corrected chi connectivity index (χ4v) is 2.17. The Kier molecular flexibility index (Phi) is 10.3. The highest BCUT2D eigenvalue weighted by Crippen LogP contribution is 2.04. The number of carbonyl (C=O) groups excluding carboxylic acids is 1. The molecule has 0 bridgehead atoms. The Labute approximate surface area is 170 Å². The van der Waals surface area contributed by atoms with Crippen LogP contribution in [0.3, 0.4) is 0 Å². The average Bonchev–Trinajstić information content (AvgIpc) is 2.63. The predicted octanol–water partition coefficient (Wildman–Crippen LogP) is 2.82. The fourth-order valence-electron chi connectivity index (χ4n) is 2.17. The Morgan fingerprint density at radius 3 is 2.42 bits per heavy atom. The van der Waals surface area contributed by atoms with Crippen LogP contribution in [-0.2, 0) is 17.9 Å². The van der Waals surface area contributed by atoms with Gasteiger partial charge in [-0.2, -0.15) is 0 Å². The molecule has 3 N–H and O–H groups in total. The summed E-state index contributed by atoms with van der Waals surface area (Å²) in [5.74, 6) is 0.104. The van der Waals surface area contributed by atoms with Crippen LogP contribution in [0.5, 0.6) is 0 Å². The molecule has 0 aliphatic carbocycles. The normalized spacial score (nSPS) is 10.6. The van der Waals surface area contributed by atoms with Gasteiger partial charge >= 0.3 is 0 Å². The number of hydrogen-bond acceptors (Lipinski definition) is 2. The first-order valence-electron chi connectivity index (χ1n) is 8.24. The first kappa shape index (κ1) is 21.9. The van der Waals surface area contributed by atoms with Crippen molar-refractivity contribution in [2.24, 2.45) is 4.99 Å². The molecule has 0 saturated carbocycles. The molecule has 0 aliphatic heterocycles. The monoisotopic (exact) mass is 470 g/mol. The van der Waals surface area contributed by atoms with Gasteiger partial charge in [-0.15, -0.1) is 24.0 Å². The maximum absolute atomic E-state index is 13.2. The molecule has 1 amide bonds. The minimum Gasteiger partial charge on any atom is -0.357 e. The van der Waals surface area contributed by atoms with E-state index >= 15 is 0 Å². The first-order chi connectivity index (χ1) is 12.2. The van der Waals surface area contributed by atoms with Gasteiger partial charge in [0.1, 0.15) is 5.82 Å². The molecule has 0 radical (unpaired) electrons. The number of amides is 1. The number of hydrogen-bond donors (Lipinski definition) is 3. The van der Waals surface area contributed by atoms with Crippen LogP contribution < -0.4 is 16.0 Å². The van der Waals surface area contributed by atoms with Gasteiger partial charge in [0.15, 0.2) is 5.96 Å². The minimum atomic E-state index is -0.286. The predicted molar refractivity (Wildman–Crippen MR) is 113 cm³/mol. The molecule has 0 fully saturated rings. The van der Waals surface area contributed by atoms with Crippen LogP contribution in [0.2, 0.25) is 0 Å². The van der Waals surface area contributed by atoms with E-state index in [-0.39, 0.29) is 42.2 Å². The van der Waals surface area contributed by atoms with Crippen molar-refractivity contribution in [2.75, 3.05) is 13.1 Å². The van der Waals surface area contributed by atoms with E-state index in [0.29, 0.717) is 25.6 Å². The van der Waals surface area contributed by atoms with Crippen LogP contribution >= 0.6 is 24.0 Å². The van der Waals surface area contributed by atoms with Crippen LogP contribution in [0.15, 0.2) is 59.6 Å². The van der Waals surface area contributed by atoms with Crippen molar-refractivity contribution in [3.8, 4) is 0 Å². The summed E-state index contributed by atoms with van der Waals surface area (Å²) >= 11 is 0. The second-order valence-corrected chi connectivity index (χ2v) is 5.44. The van der Waals surface area contributed by atoms with Gasteiger partial charge in [-0.3, -0.25) is 4.79 Å². The molecule has 0 aliphatic rings. The molecule has 0 aromatic heterocycles. The summed E-state index contributed by atoms with van der Waals surface area (Å²) in [6.07, 6.45) is 0. The fraction of sp³-hybridized carbons (Fsp3) is 0.263. The lowest BCUT2D eigenvalue weighted by Gasteiger charge is -2.11. The zero-order valence-corrected chi connectivity index (χ0v) is 17.0. The zero-order chi connectivity index (χ0) is 17.9. The molecule has 0 spiro atoms. The first-order valence-corrected chi connectivity index (χ1v) is 8.24. The van der Waals surface area contributed by atoms with Crippen LogP contribution in [-0.4, -0.2) is 25.0 Å². The molecular weight excluding hydrogens is 446 g/mol. The van der Waals surface area contributed by atoms with E-state index in [9.17, 15) is 9.18 Å². The maximum Gasteiger partial charge on any atom is 0.239 e. The molecule has 140 valence electrons. The van der Waals surface area contributed by atoms with Crippen LogP contribution in [0.25, 0.3) is 0 Å². The quantitative estimate of drug-likeness (QED) is 0.332. The van der Waals surface area contributed by atoms with Crippen molar-refractivity contribution in [1.29, 1.82) is 0 Å². The highest BCUT2D eigenvalue weighted by Gasteiger charge is 2.04. The Morgan fingerprint density at radius 1 is 1.00 bits per heavy atom. The highest BCUT2D eigenvalue weighted by atomic mass is 127. The van der Waals surface area contributed by atoms with Gasteiger partial charge in [-0.25, -0.2) is 9.38 Å². The van der Waals surface area contributed by atoms with E-state index < -0.39 is 0 Å². The molecule has 2 aromatic carbocycles. The molecule has 5 nitrogen and oxygen atoms in total.